The molecular formula is C11H18ClN3O. The molecule has 0 saturated carbocycles. The molecule has 1 N–H and O–H groups in total. The minimum Gasteiger partial charge on any atom is -0.385 e. The first kappa shape index (κ1) is 13.2. The van der Waals surface area contributed by atoms with Crippen molar-refractivity contribution in [3.63, 3.8) is 0 Å². The first-order chi connectivity index (χ1) is 7.56. The van der Waals surface area contributed by atoms with Gasteiger partial charge in [-0.05, 0) is 38.3 Å². The van der Waals surface area contributed by atoms with E-state index in [0.717, 1.165) is 30.0 Å². The number of nitrogens with zero attached hydrogens (tertiary/aromatic N) is 2. The lowest BCUT2D eigenvalue weighted by molar-refractivity contribution is 0.191. The molecule has 5 heteroatoms. The van der Waals surface area contributed by atoms with E-state index in [1.54, 1.807) is 7.11 Å². The molecule has 90 valence electrons. The summed E-state index contributed by atoms with van der Waals surface area (Å²) in [6.45, 7) is 6.75. The van der Waals surface area contributed by atoms with Gasteiger partial charge in [-0.1, -0.05) is 11.6 Å². The minimum absolute atomic E-state index is 0.300. The number of rotatable bonds is 5. The van der Waals surface area contributed by atoms with E-state index in [9.17, 15) is 0 Å². The summed E-state index contributed by atoms with van der Waals surface area (Å²) in [5, 5.41) is 11.7. The second kappa shape index (κ2) is 6.01. The van der Waals surface area contributed by atoms with E-state index in [4.69, 9.17) is 16.3 Å². The summed E-state index contributed by atoms with van der Waals surface area (Å²) >= 11 is 5.88. The van der Waals surface area contributed by atoms with Gasteiger partial charge >= 0.3 is 0 Å². The van der Waals surface area contributed by atoms with Gasteiger partial charge in [-0.15, -0.1) is 10.2 Å². The fourth-order valence-corrected chi connectivity index (χ4v) is 1.49. The van der Waals surface area contributed by atoms with Crippen LogP contribution in [0.5, 0.6) is 0 Å². The van der Waals surface area contributed by atoms with Crippen molar-refractivity contribution in [2.75, 3.05) is 19.0 Å². The van der Waals surface area contributed by atoms with Gasteiger partial charge in [0.15, 0.2) is 11.0 Å². The zero-order chi connectivity index (χ0) is 12.1. The Labute approximate surface area is 101 Å². The molecule has 0 aromatic carbocycles. The predicted octanol–water partition coefficient (Wildman–Crippen LogP) is 2.58. The molecule has 0 aliphatic rings. The molecule has 1 aromatic rings. The van der Waals surface area contributed by atoms with Crippen molar-refractivity contribution in [1.29, 1.82) is 0 Å². The molecule has 0 saturated heterocycles. The lowest BCUT2D eigenvalue weighted by Gasteiger charge is -2.16. The minimum atomic E-state index is 0.300. The van der Waals surface area contributed by atoms with Crippen molar-refractivity contribution in [2.45, 2.75) is 33.2 Å². The van der Waals surface area contributed by atoms with Crippen LogP contribution < -0.4 is 5.32 Å². The van der Waals surface area contributed by atoms with E-state index in [1.807, 2.05) is 13.8 Å². The Morgan fingerprint density at radius 3 is 2.62 bits per heavy atom. The van der Waals surface area contributed by atoms with E-state index in [0.29, 0.717) is 11.2 Å². The highest BCUT2D eigenvalue weighted by Crippen LogP contribution is 2.21. The Morgan fingerprint density at radius 1 is 1.31 bits per heavy atom. The summed E-state index contributed by atoms with van der Waals surface area (Å²) in [4.78, 5) is 0. The highest BCUT2D eigenvalue weighted by atomic mass is 35.5. The van der Waals surface area contributed by atoms with Crippen molar-refractivity contribution >= 4 is 17.4 Å². The van der Waals surface area contributed by atoms with Crippen LogP contribution in [0, 0.1) is 13.8 Å². The van der Waals surface area contributed by atoms with Crippen LogP contribution in [0.3, 0.4) is 0 Å². The quantitative estimate of drug-likeness (QED) is 0.864. The normalized spacial score (nSPS) is 12.6. The molecule has 0 bridgehead atoms. The molecule has 0 spiro atoms. The Hall–Kier alpha value is -0.870. The topological polar surface area (TPSA) is 47.0 Å². The first-order valence-corrected chi connectivity index (χ1v) is 5.69. The van der Waals surface area contributed by atoms with Gasteiger partial charge in [0.05, 0.1) is 0 Å². The van der Waals surface area contributed by atoms with Crippen LogP contribution in [0.15, 0.2) is 0 Å². The van der Waals surface area contributed by atoms with E-state index in [1.165, 1.54) is 0 Å². The number of anilines is 1. The smallest absolute Gasteiger partial charge is 0.155 e. The lowest BCUT2D eigenvalue weighted by Crippen LogP contribution is -2.19. The van der Waals surface area contributed by atoms with Gasteiger partial charge in [0.25, 0.3) is 0 Å². The van der Waals surface area contributed by atoms with Crippen molar-refractivity contribution in [1.82, 2.24) is 10.2 Å². The molecular weight excluding hydrogens is 226 g/mol. The number of ether oxygens (including phenoxy) is 1. The van der Waals surface area contributed by atoms with Gasteiger partial charge in [0, 0.05) is 19.8 Å². The zero-order valence-corrected chi connectivity index (χ0v) is 10.9. The fourth-order valence-electron chi connectivity index (χ4n) is 1.31. The van der Waals surface area contributed by atoms with Crippen LogP contribution in [0.4, 0.5) is 5.82 Å². The van der Waals surface area contributed by atoms with Crippen molar-refractivity contribution in [2.24, 2.45) is 0 Å². The van der Waals surface area contributed by atoms with Crippen LogP contribution >= 0.6 is 11.6 Å². The summed E-state index contributed by atoms with van der Waals surface area (Å²) in [6.07, 6.45) is 0.930. The molecule has 0 amide bonds. The van der Waals surface area contributed by atoms with Crippen molar-refractivity contribution < 1.29 is 4.74 Å². The van der Waals surface area contributed by atoms with Crippen LogP contribution in [0.2, 0.25) is 5.15 Å². The molecule has 1 rings (SSSR count). The predicted molar refractivity (Wildman–Crippen MR) is 66.1 cm³/mol. The Balaban J connectivity index is 2.70. The molecule has 1 aromatic heterocycles. The van der Waals surface area contributed by atoms with Crippen LogP contribution in [0.25, 0.3) is 0 Å². The molecule has 0 aliphatic carbocycles. The van der Waals surface area contributed by atoms with Gasteiger partial charge in [0.1, 0.15) is 0 Å². The maximum Gasteiger partial charge on any atom is 0.155 e. The van der Waals surface area contributed by atoms with E-state index in [2.05, 4.69) is 22.4 Å². The SMILES string of the molecule is COCCC(C)Nc1nnc(Cl)c(C)c1C. The summed E-state index contributed by atoms with van der Waals surface area (Å²) < 4.78 is 5.03. The largest absolute Gasteiger partial charge is 0.385 e. The van der Waals surface area contributed by atoms with Gasteiger partial charge < -0.3 is 10.1 Å². The number of aromatic nitrogens is 2. The number of hydrogen-bond donors (Lipinski definition) is 1. The summed E-state index contributed by atoms with van der Waals surface area (Å²) in [5.74, 6) is 0.797. The third-order valence-electron chi connectivity index (χ3n) is 2.60. The van der Waals surface area contributed by atoms with Crippen molar-refractivity contribution in [3.05, 3.63) is 16.3 Å². The molecule has 4 nitrogen and oxygen atoms in total. The van der Waals surface area contributed by atoms with Crippen molar-refractivity contribution in [3.8, 4) is 0 Å². The van der Waals surface area contributed by atoms with E-state index >= 15 is 0 Å². The summed E-state index contributed by atoms with van der Waals surface area (Å²) in [5.41, 5.74) is 2.02. The van der Waals surface area contributed by atoms with E-state index < -0.39 is 0 Å². The monoisotopic (exact) mass is 243 g/mol. The lowest BCUT2D eigenvalue weighted by atomic mass is 10.2. The molecule has 0 radical (unpaired) electrons. The van der Waals surface area contributed by atoms with Crippen LogP contribution in [0.1, 0.15) is 24.5 Å². The number of halogens is 1. The maximum absolute atomic E-state index is 5.88. The Morgan fingerprint density at radius 2 is 2.00 bits per heavy atom. The van der Waals surface area contributed by atoms with Gasteiger partial charge in [0.2, 0.25) is 0 Å². The number of methoxy groups -OCH3 is 1. The average Bonchev–Trinajstić information content (AvgIpc) is 2.27. The van der Waals surface area contributed by atoms with Gasteiger partial charge in [-0.3, -0.25) is 0 Å². The van der Waals surface area contributed by atoms with Crippen LogP contribution in [-0.2, 0) is 4.74 Å². The highest BCUT2D eigenvalue weighted by molar-refractivity contribution is 6.30. The zero-order valence-electron chi connectivity index (χ0n) is 10.2. The fraction of sp³-hybridized carbons (Fsp3) is 0.636. The maximum atomic E-state index is 5.88. The molecule has 1 heterocycles. The molecule has 0 aliphatic heterocycles. The molecule has 1 unspecified atom stereocenters. The standard InChI is InChI=1S/C11H18ClN3O/c1-7(5-6-16-4)13-11-9(3)8(2)10(12)14-15-11/h7H,5-6H2,1-4H3,(H,13,15). The second-order valence-electron chi connectivity index (χ2n) is 3.92. The Kier molecular flexibility index (Phi) is 4.96. The second-order valence-corrected chi connectivity index (χ2v) is 4.27. The highest BCUT2D eigenvalue weighted by Gasteiger charge is 2.10. The molecule has 16 heavy (non-hydrogen) atoms. The van der Waals surface area contributed by atoms with Crippen LogP contribution in [-0.4, -0.2) is 30.0 Å². The third kappa shape index (κ3) is 3.32. The summed E-state index contributed by atoms with van der Waals surface area (Å²) in [7, 11) is 1.70. The number of nitrogens with one attached hydrogen (secondary N) is 1. The van der Waals surface area contributed by atoms with Gasteiger partial charge in [-0.2, -0.15) is 0 Å². The summed E-state index contributed by atoms with van der Waals surface area (Å²) in [6, 6.07) is 0.300. The average molecular weight is 244 g/mol. The molecule has 0 fully saturated rings. The third-order valence-corrected chi connectivity index (χ3v) is 2.96. The number of hydrogen-bond acceptors (Lipinski definition) is 4. The van der Waals surface area contributed by atoms with Gasteiger partial charge in [-0.25, -0.2) is 0 Å². The molecule has 1 atom stereocenters. The van der Waals surface area contributed by atoms with E-state index in [-0.39, 0.29) is 0 Å². The Bertz CT molecular complexity index is 357. The first-order valence-electron chi connectivity index (χ1n) is 5.31.